The van der Waals surface area contributed by atoms with Gasteiger partial charge in [-0.15, -0.1) is 0 Å². The number of phenolic OH excluding ortho intramolecular Hbond substituents is 1. The van der Waals surface area contributed by atoms with Gasteiger partial charge in [-0.25, -0.2) is 18.5 Å². The van der Waals surface area contributed by atoms with Crippen LogP contribution in [0, 0.1) is 12.7 Å². The average Bonchev–Trinajstić information content (AvgIpc) is 3.59. The number of nitrogens with zero attached hydrogens (tertiary/aromatic N) is 3. The van der Waals surface area contributed by atoms with Crippen LogP contribution >= 0.6 is 11.3 Å². The third kappa shape index (κ3) is 10.8. The maximum Gasteiger partial charge on any atom is 0.430 e. The predicted molar refractivity (Wildman–Crippen MR) is 183 cm³/mol. The Hall–Kier alpha value is -5.97. The van der Waals surface area contributed by atoms with Crippen LogP contribution in [0.3, 0.4) is 0 Å². The lowest BCUT2D eigenvalue weighted by atomic mass is 10.0. The van der Waals surface area contributed by atoms with Crippen LogP contribution in [0.4, 0.5) is 28.0 Å². The number of urea groups is 1. The van der Waals surface area contributed by atoms with Gasteiger partial charge in [-0.05, 0) is 68.8 Å². The molecule has 0 unspecified atom stereocenters. The number of nitrogens with one attached hydrogen (secondary N) is 1. The van der Waals surface area contributed by atoms with Crippen LogP contribution in [-0.2, 0) is 33.8 Å². The molecule has 0 bridgehead atoms. The number of hydrogen-bond donors (Lipinski definition) is 3. The number of aromatic nitrogens is 2. The Morgan fingerprint density at radius 3 is 2.21 bits per heavy atom. The zero-order chi connectivity index (χ0) is 39.0. The molecule has 0 fully saturated rings. The number of carbonyl (C=O) groups is 4. The molecule has 17 heteroatoms. The molecule has 2 heterocycles. The van der Waals surface area contributed by atoms with Crippen molar-refractivity contribution in [3.05, 3.63) is 118 Å². The van der Waals surface area contributed by atoms with Gasteiger partial charge >= 0.3 is 23.1 Å². The third-order valence-corrected chi connectivity index (χ3v) is 8.60. The molecular formula is C36H35F4N5O7S. The molecule has 1 atom stereocenters. The number of nitrogens with two attached hydrogens (primary N) is 1. The van der Waals surface area contributed by atoms with Crippen molar-refractivity contribution in [3.8, 4) is 5.75 Å². The summed E-state index contributed by atoms with van der Waals surface area (Å²) in [6.07, 6.45) is -1.60. The second kappa shape index (κ2) is 17.0. The number of aliphatic carboxylic acids is 1. The van der Waals surface area contributed by atoms with Gasteiger partial charge in [0.2, 0.25) is 5.91 Å². The van der Waals surface area contributed by atoms with Crippen molar-refractivity contribution in [1.29, 1.82) is 0 Å². The number of carboxylic acid groups (broad SMARTS) is 1. The van der Waals surface area contributed by atoms with E-state index < -0.39 is 36.1 Å². The molecule has 5 rings (SSSR count). The van der Waals surface area contributed by atoms with Gasteiger partial charge in [0.05, 0.1) is 18.2 Å². The van der Waals surface area contributed by atoms with Gasteiger partial charge in [-0.1, -0.05) is 41.7 Å². The van der Waals surface area contributed by atoms with E-state index in [0.717, 1.165) is 9.84 Å². The number of amides is 3. The van der Waals surface area contributed by atoms with E-state index in [2.05, 4.69) is 5.32 Å². The Bertz CT molecular complexity index is 2080. The number of benzene rings is 3. The number of aryl methyl sites for hydroxylation is 1. The highest BCUT2D eigenvalue weighted by molar-refractivity contribution is 7.16. The summed E-state index contributed by atoms with van der Waals surface area (Å²) in [5.74, 6) is -4.51. The van der Waals surface area contributed by atoms with Crippen molar-refractivity contribution in [2.24, 2.45) is 5.73 Å². The molecule has 0 spiro atoms. The van der Waals surface area contributed by atoms with Gasteiger partial charge < -0.3 is 35.7 Å². The summed E-state index contributed by atoms with van der Waals surface area (Å²) in [7, 11) is 0. The van der Waals surface area contributed by atoms with E-state index in [0.29, 0.717) is 28.1 Å². The highest BCUT2D eigenvalue weighted by Crippen LogP contribution is 2.23. The van der Waals surface area contributed by atoms with E-state index in [1.54, 1.807) is 68.4 Å². The van der Waals surface area contributed by atoms with E-state index in [1.807, 2.05) is 28.3 Å². The Balaban J connectivity index is 0.000000815. The van der Waals surface area contributed by atoms with E-state index in [9.17, 15) is 37.1 Å². The summed E-state index contributed by atoms with van der Waals surface area (Å²) >= 11 is 1.52. The lowest BCUT2D eigenvalue weighted by Crippen LogP contribution is -2.50. The first kappa shape index (κ1) is 39.8. The van der Waals surface area contributed by atoms with Gasteiger partial charge in [-0.3, -0.25) is 4.79 Å². The molecule has 0 radical (unpaired) electrons. The van der Waals surface area contributed by atoms with E-state index in [4.69, 9.17) is 20.4 Å². The topological polar surface area (TPSA) is 171 Å². The van der Waals surface area contributed by atoms with Crippen molar-refractivity contribution < 1.29 is 56.1 Å². The zero-order valence-electron chi connectivity index (χ0n) is 28.6. The van der Waals surface area contributed by atoms with Crippen LogP contribution in [0.5, 0.6) is 5.75 Å². The zero-order valence-corrected chi connectivity index (χ0v) is 29.4. The molecule has 0 aliphatic carbocycles. The number of primary amides is 1. The predicted octanol–water partition coefficient (Wildman–Crippen LogP) is 4.48. The fourth-order valence-corrected chi connectivity index (χ4v) is 6.05. The van der Waals surface area contributed by atoms with E-state index >= 15 is 0 Å². The van der Waals surface area contributed by atoms with Gasteiger partial charge in [0, 0.05) is 22.5 Å². The summed E-state index contributed by atoms with van der Waals surface area (Å²) in [6, 6.07) is 17.3. The lowest BCUT2D eigenvalue weighted by molar-refractivity contribution is -0.506. The number of thiazole rings is 1. The van der Waals surface area contributed by atoms with Gasteiger partial charge in [-0.2, -0.15) is 17.6 Å². The molecule has 53 heavy (non-hydrogen) atoms. The first-order chi connectivity index (χ1) is 24.9. The van der Waals surface area contributed by atoms with Crippen LogP contribution < -0.4 is 20.6 Å². The fraction of sp³-hybridized carbons (Fsp3) is 0.250. The Morgan fingerprint density at radius 2 is 1.64 bits per heavy atom. The molecule has 3 amide bonds. The molecule has 0 saturated carbocycles. The van der Waals surface area contributed by atoms with Crippen LogP contribution in [0.15, 0.2) is 85.2 Å². The number of rotatable bonds is 11. The highest BCUT2D eigenvalue weighted by atomic mass is 32.1. The number of esters is 1. The van der Waals surface area contributed by atoms with Gasteiger partial charge in [0.25, 0.3) is 0 Å². The van der Waals surface area contributed by atoms with Gasteiger partial charge in [0.1, 0.15) is 42.5 Å². The van der Waals surface area contributed by atoms with Crippen molar-refractivity contribution in [2.45, 2.75) is 58.6 Å². The normalized spacial score (nSPS) is 11.8. The Kier molecular flexibility index (Phi) is 12.8. The second-order valence-corrected chi connectivity index (χ2v) is 13.2. The number of carbonyl (C=O) groups excluding carboxylic acids is 4. The number of ether oxygens (including phenoxy) is 1. The molecule has 0 saturated heterocycles. The number of anilines is 1. The monoisotopic (exact) mass is 757 g/mol. The number of fused-ring (bicyclic) bond motifs is 1. The van der Waals surface area contributed by atoms with Crippen LogP contribution in [0.25, 0.3) is 4.96 Å². The maximum absolute atomic E-state index is 14.8. The first-order valence-corrected chi connectivity index (χ1v) is 16.7. The van der Waals surface area contributed by atoms with Crippen molar-refractivity contribution in [1.82, 2.24) is 9.47 Å². The summed E-state index contributed by atoms with van der Waals surface area (Å²) in [6.45, 7) is 5.63. The third-order valence-electron chi connectivity index (χ3n) is 7.56. The quantitative estimate of drug-likeness (QED) is 0.101. The number of phenols is 1. The Labute approximate surface area is 304 Å². The molecule has 2 aromatic heterocycles. The number of imidazole rings is 1. The average molecular weight is 758 g/mol. The summed E-state index contributed by atoms with van der Waals surface area (Å²) in [5.41, 5.74) is 8.43. The molecule has 0 aliphatic heterocycles. The van der Waals surface area contributed by atoms with Crippen LogP contribution in [0.1, 0.15) is 45.9 Å². The smallest absolute Gasteiger partial charge is 0.430 e. The minimum Gasteiger partial charge on any atom is -0.542 e. The second-order valence-electron chi connectivity index (χ2n) is 12.0. The Morgan fingerprint density at radius 1 is 1.02 bits per heavy atom. The number of hydrogen-bond acceptors (Lipinski definition) is 8. The van der Waals surface area contributed by atoms with Crippen molar-refractivity contribution >= 4 is 45.9 Å². The molecule has 12 nitrogen and oxygen atoms in total. The van der Waals surface area contributed by atoms with Crippen molar-refractivity contribution in [2.75, 3.05) is 5.32 Å². The first-order valence-electron chi connectivity index (χ1n) is 15.9. The number of halogens is 4. The highest BCUT2D eigenvalue weighted by Gasteiger charge is 2.33. The fourth-order valence-electron chi connectivity index (χ4n) is 5.09. The van der Waals surface area contributed by atoms with Crippen molar-refractivity contribution in [3.63, 3.8) is 0 Å². The summed E-state index contributed by atoms with van der Waals surface area (Å²) < 4.78 is 55.4. The molecule has 4 N–H and O–H groups in total. The summed E-state index contributed by atoms with van der Waals surface area (Å²) in [5, 5.41) is 21.4. The molecule has 5 aromatic rings. The lowest BCUT2D eigenvalue weighted by Gasteiger charge is -2.29. The number of carboxylic acids is 1. The molecule has 0 aliphatic rings. The summed E-state index contributed by atoms with van der Waals surface area (Å²) in [4.78, 5) is 51.3. The number of aromatic hydroxyl groups is 1. The molecular weight excluding hydrogens is 722 g/mol. The van der Waals surface area contributed by atoms with Crippen LogP contribution in [0.2, 0.25) is 0 Å². The largest absolute Gasteiger partial charge is 0.542 e. The van der Waals surface area contributed by atoms with Gasteiger partial charge in [0.15, 0.2) is 5.69 Å². The molecule has 280 valence electrons. The SMILES string of the molecule is Cc1c[n+]2cc(CN(C(=O)Nc3ccc(C(=O)OC(C)C)cc3)[C@@H](Cc3ccc(O)cc3)C(N)=O)n(Cc3ccccc3F)c2s1.O=C([O-])C(F)(F)F. The van der Waals surface area contributed by atoms with E-state index in [-0.39, 0.29) is 37.2 Å². The minimum absolute atomic E-state index is 0.0434. The standard InChI is InChI=1S/C34H34FN5O5S.C2HF3O2/c1-21(2)45-32(43)24-10-12-26(13-11-24)37-33(44)40(30(31(36)42)16-23-8-14-28(41)15-9-23)20-27-19-38-17-22(3)46-34(38)39(27)18-25-6-4-5-7-29(25)35;3-2(4,5)1(6)7/h4-15,17,19,21,30H,16,18,20H2,1-3H3,(H3-,36,37,41,42,43,44);(H,6,7)/t30-;/m0./s1. The number of alkyl halides is 3. The van der Waals surface area contributed by atoms with Crippen LogP contribution in [-0.4, -0.2) is 56.8 Å². The molecule has 3 aromatic carbocycles. The minimum atomic E-state index is -5.19. The van der Waals surface area contributed by atoms with E-state index in [1.165, 1.54) is 34.4 Å². The maximum atomic E-state index is 14.8.